The summed E-state index contributed by atoms with van der Waals surface area (Å²) in [7, 11) is 0. The molecule has 1 aliphatic carbocycles. The summed E-state index contributed by atoms with van der Waals surface area (Å²) in [6.07, 6.45) is 5.27. The second-order valence-corrected chi connectivity index (χ2v) is 5.95. The van der Waals surface area contributed by atoms with Crippen molar-refractivity contribution < 1.29 is 0 Å². The third-order valence-corrected chi connectivity index (χ3v) is 4.21. The predicted molar refractivity (Wildman–Crippen MR) is 75.3 cm³/mol. The molecular formula is C15H24N2. The molecule has 3 N–H and O–H groups in total. The zero-order valence-corrected chi connectivity index (χ0v) is 11.2. The molecule has 1 fully saturated rings. The minimum Gasteiger partial charge on any atom is -0.398 e. The third-order valence-electron chi connectivity index (χ3n) is 4.21. The van der Waals surface area contributed by atoms with Gasteiger partial charge in [0.05, 0.1) is 0 Å². The lowest BCUT2D eigenvalue weighted by Crippen LogP contribution is -2.39. The lowest BCUT2D eigenvalue weighted by atomic mass is 9.73. The van der Waals surface area contributed by atoms with Crippen LogP contribution in [0, 0.1) is 12.3 Å². The van der Waals surface area contributed by atoms with Crippen LogP contribution in [0.1, 0.15) is 45.1 Å². The standard InChI is InChI=1S/C15H24N2/c1-11-12(16)7-6-8-13(11)17-14-9-4-5-10-15(14,2)3/h6-8,14,17H,4-5,9-10,16H2,1-3H3. The Labute approximate surface area is 105 Å². The summed E-state index contributed by atoms with van der Waals surface area (Å²) < 4.78 is 0. The van der Waals surface area contributed by atoms with E-state index in [-0.39, 0.29) is 0 Å². The minimum atomic E-state index is 0.384. The van der Waals surface area contributed by atoms with Gasteiger partial charge >= 0.3 is 0 Å². The third kappa shape index (κ3) is 2.56. The fourth-order valence-corrected chi connectivity index (χ4v) is 2.76. The van der Waals surface area contributed by atoms with E-state index in [0.29, 0.717) is 11.5 Å². The number of nitrogen functional groups attached to an aromatic ring is 1. The van der Waals surface area contributed by atoms with Crippen LogP contribution in [0.4, 0.5) is 11.4 Å². The van der Waals surface area contributed by atoms with Crippen LogP contribution in [0.25, 0.3) is 0 Å². The van der Waals surface area contributed by atoms with Crippen molar-refractivity contribution in [3.8, 4) is 0 Å². The summed E-state index contributed by atoms with van der Waals surface area (Å²) in [5, 5.41) is 3.70. The quantitative estimate of drug-likeness (QED) is 0.757. The molecule has 2 heteroatoms. The van der Waals surface area contributed by atoms with E-state index in [1.54, 1.807) is 0 Å². The highest BCUT2D eigenvalue weighted by molar-refractivity contribution is 5.63. The Morgan fingerprint density at radius 1 is 1.29 bits per heavy atom. The molecule has 0 aliphatic heterocycles. The van der Waals surface area contributed by atoms with Crippen LogP contribution >= 0.6 is 0 Å². The van der Waals surface area contributed by atoms with Gasteiger partial charge in [-0.25, -0.2) is 0 Å². The number of rotatable bonds is 2. The lowest BCUT2D eigenvalue weighted by molar-refractivity contribution is 0.217. The maximum atomic E-state index is 5.95. The maximum Gasteiger partial charge on any atom is 0.0392 e. The van der Waals surface area contributed by atoms with Gasteiger partial charge < -0.3 is 11.1 Å². The molecule has 0 aromatic heterocycles. The van der Waals surface area contributed by atoms with Gasteiger partial charge in [0.1, 0.15) is 0 Å². The smallest absolute Gasteiger partial charge is 0.0392 e. The second-order valence-electron chi connectivity index (χ2n) is 5.95. The summed E-state index contributed by atoms with van der Waals surface area (Å²) in [4.78, 5) is 0. The van der Waals surface area contributed by atoms with Gasteiger partial charge in [-0.1, -0.05) is 32.8 Å². The molecule has 0 heterocycles. The second kappa shape index (κ2) is 4.59. The normalized spacial score (nSPS) is 23.4. The fourth-order valence-electron chi connectivity index (χ4n) is 2.76. The van der Waals surface area contributed by atoms with E-state index in [9.17, 15) is 0 Å². The van der Waals surface area contributed by atoms with Crippen LogP contribution in [-0.4, -0.2) is 6.04 Å². The summed E-state index contributed by atoms with van der Waals surface area (Å²) in [6, 6.07) is 6.69. The number of anilines is 2. The molecule has 1 unspecified atom stereocenters. The number of hydrogen-bond donors (Lipinski definition) is 2. The van der Waals surface area contributed by atoms with Crippen molar-refractivity contribution in [3.05, 3.63) is 23.8 Å². The number of benzene rings is 1. The van der Waals surface area contributed by atoms with Crippen molar-refractivity contribution in [1.82, 2.24) is 0 Å². The van der Waals surface area contributed by atoms with E-state index in [4.69, 9.17) is 5.73 Å². The molecule has 0 spiro atoms. The number of nitrogens with one attached hydrogen (secondary N) is 1. The van der Waals surface area contributed by atoms with Crippen molar-refractivity contribution in [2.24, 2.45) is 5.41 Å². The van der Waals surface area contributed by atoms with Crippen LogP contribution in [0.3, 0.4) is 0 Å². The average Bonchev–Trinajstić information content (AvgIpc) is 2.27. The van der Waals surface area contributed by atoms with Gasteiger partial charge in [0.2, 0.25) is 0 Å². The molecule has 0 bridgehead atoms. The van der Waals surface area contributed by atoms with E-state index in [0.717, 1.165) is 5.69 Å². The highest BCUT2D eigenvalue weighted by atomic mass is 14.9. The molecule has 1 aliphatic rings. The Morgan fingerprint density at radius 3 is 2.76 bits per heavy atom. The Kier molecular flexibility index (Phi) is 3.32. The Hall–Kier alpha value is -1.18. The molecule has 0 saturated heterocycles. The molecule has 0 radical (unpaired) electrons. The summed E-state index contributed by atoms with van der Waals surface area (Å²) >= 11 is 0. The van der Waals surface area contributed by atoms with Gasteiger partial charge in [-0.2, -0.15) is 0 Å². The van der Waals surface area contributed by atoms with E-state index in [1.807, 2.05) is 12.1 Å². The van der Waals surface area contributed by atoms with Gasteiger partial charge in [0.15, 0.2) is 0 Å². The molecular weight excluding hydrogens is 208 g/mol. The molecule has 94 valence electrons. The molecule has 1 aromatic rings. The van der Waals surface area contributed by atoms with Crippen molar-refractivity contribution in [2.45, 2.75) is 52.5 Å². The van der Waals surface area contributed by atoms with E-state index in [2.05, 4.69) is 32.2 Å². The van der Waals surface area contributed by atoms with E-state index >= 15 is 0 Å². The summed E-state index contributed by atoms with van der Waals surface area (Å²) in [5.41, 5.74) is 9.59. The fraction of sp³-hybridized carbons (Fsp3) is 0.600. The highest BCUT2D eigenvalue weighted by Crippen LogP contribution is 2.38. The van der Waals surface area contributed by atoms with Crippen LogP contribution in [0.15, 0.2) is 18.2 Å². The van der Waals surface area contributed by atoms with Crippen molar-refractivity contribution in [1.29, 1.82) is 0 Å². The molecule has 0 amide bonds. The Balaban J connectivity index is 2.17. The van der Waals surface area contributed by atoms with Crippen LogP contribution in [-0.2, 0) is 0 Å². The first-order valence-electron chi connectivity index (χ1n) is 6.62. The molecule has 17 heavy (non-hydrogen) atoms. The first-order valence-corrected chi connectivity index (χ1v) is 6.62. The number of hydrogen-bond acceptors (Lipinski definition) is 2. The van der Waals surface area contributed by atoms with E-state index < -0.39 is 0 Å². The highest BCUT2D eigenvalue weighted by Gasteiger charge is 2.32. The molecule has 1 atom stereocenters. The Morgan fingerprint density at radius 2 is 2.06 bits per heavy atom. The van der Waals surface area contributed by atoms with Gasteiger partial charge in [-0.15, -0.1) is 0 Å². The minimum absolute atomic E-state index is 0.384. The monoisotopic (exact) mass is 232 g/mol. The van der Waals surface area contributed by atoms with Crippen LogP contribution in [0.2, 0.25) is 0 Å². The van der Waals surface area contributed by atoms with Gasteiger partial charge in [-0.3, -0.25) is 0 Å². The van der Waals surface area contributed by atoms with E-state index in [1.165, 1.54) is 36.9 Å². The molecule has 1 aromatic carbocycles. The maximum absolute atomic E-state index is 5.95. The van der Waals surface area contributed by atoms with Crippen molar-refractivity contribution in [2.75, 3.05) is 11.1 Å². The van der Waals surface area contributed by atoms with Crippen LogP contribution in [0.5, 0.6) is 0 Å². The first-order chi connectivity index (χ1) is 8.00. The van der Waals surface area contributed by atoms with Crippen molar-refractivity contribution >= 4 is 11.4 Å². The van der Waals surface area contributed by atoms with Gasteiger partial charge in [0, 0.05) is 17.4 Å². The first kappa shape index (κ1) is 12.3. The van der Waals surface area contributed by atoms with Crippen LogP contribution < -0.4 is 11.1 Å². The van der Waals surface area contributed by atoms with Crippen molar-refractivity contribution in [3.63, 3.8) is 0 Å². The zero-order valence-electron chi connectivity index (χ0n) is 11.2. The summed E-state index contributed by atoms with van der Waals surface area (Å²) in [5.74, 6) is 0. The largest absolute Gasteiger partial charge is 0.398 e. The molecule has 2 rings (SSSR count). The summed E-state index contributed by atoms with van der Waals surface area (Å²) in [6.45, 7) is 6.82. The Bertz CT molecular complexity index is 396. The average molecular weight is 232 g/mol. The lowest BCUT2D eigenvalue weighted by Gasteiger charge is -2.40. The van der Waals surface area contributed by atoms with Gasteiger partial charge in [-0.05, 0) is 42.9 Å². The molecule has 2 nitrogen and oxygen atoms in total. The zero-order chi connectivity index (χ0) is 12.5. The molecule has 1 saturated carbocycles. The topological polar surface area (TPSA) is 38.0 Å². The van der Waals surface area contributed by atoms with Gasteiger partial charge in [0.25, 0.3) is 0 Å². The SMILES string of the molecule is Cc1c(N)cccc1NC1CCCCC1(C)C. The predicted octanol–water partition coefficient (Wildman–Crippen LogP) is 3.96. The number of nitrogens with two attached hydrogens (primary N) is 1.